The number of aryl methyl sites for hydroxylation is 1. The second kappa shape index (κ2) is 7.28. The highest BCUT2D eigenvalue weighted by atomic mass is 15.1. The molecule has 1 unspecified atom stereocenters. The summed E-state index contributed by atoms with van der Waals surface area (Å²) in [6.07, 6.45) is 1.15. The second-order valence-corrected chi connectivity index (χ2v) is 5.63. The molecule has 0 saturated carbocycles. The van der Waals surface area contributed by atoms with E-state index in [9.17, 15) is 0 Å². The number of nitrogens with zero attached hydrogens (tertiary/aromatic N) is 1. The van der Waals surface area contributed by atoms with Gasteiger partial charge in [-0.05, 0) is 56.1 Å². The number of rotatable bonds is 6. The lowest BCUT2D eigenvalue weighted by Gasteiger charge is -2.26. The molecule has 0 heterocycles. The van der Waals surface area contributed by atoms with E-state index in [1.165, 1.54) is 22.5 Å². The van der Waals surface area contributed by atoms with Crippen molar-refractivity contribution in [2.75, 3.05) is 18.5 Å². The maximum absolute atomic E-state index is 3.58. The molecule has 112 valence electrons. The summed E-state index contributed by atoms with van der Waals surface area (Å²) in [4.78, 5) is 2.27. The van der Waals surface area contributed by atoms with Crippen LogP contribution in [0.15, 0.2) is 48.5 Å². The van der Waals surface area contributed by atoms with Crippen LogP contribution < -0.4 is 10.2 Å². The molecule has 0 saturated heterocycles. The van der Waals surface area contributed by atoms with Gasteiger partial charge in [-0.25, -0.2) is 0 Å². The third-order valence-electron chi connectivity index (χ3n) is 3.85. The molecule has 2 rings (SSSR count). The molecular weight excluding hydrogens is 256 g/mol. The molecule has 0 aliphatic heterocycles. The summed E-state index contributed by atoms with van der Waals surface area (Å²) < 4.78 is 0. The van der Waals surface area contributed by atoms with E-state index in [2.05, 4.69) is 86.6 Å². The average Bonchev–Trinajstić information content (AvgIpc) is 2.52. The van der Waals surface area contributed by atoms with Crippen LogP contribution in [0, 0.1) is 6.92 Å². The quantitative estimate of drug-likeness (QED) is 0.817. The van der Waals surface area contributed by atoms with Gasteiger partial charge in [0, 0.05) is 24.5 Å². The lowest BCUT2D eigenvalue weighted by molar-refractivity contribution is 0.571. The van der Waals surface area contributed by atoms with E-state index in [1.807, 2.05) is 0 Å². The van der Waals surface area contributed by atoms with Crippen molar-refractivity contribution in [1.82, 2.24) is 5.32 Å². The third kappa shape index (κ3) is 3.85. The summed E-state index contributed by atoms with van der Waals surface area (Å²) in [5.74, 6) is 0. The monoisotopic (exact) mass is 282 g/mol. The minimum absolute atomic E-state index is 0.355. The summed E-state index contributed by atoms with van der Waals surface area (Å²) in [7, 11) is 2.14. The van der Waals surface area contributed by atoms with Gasteiger partial charge in [-0.1, -0.05) is 37.3 Å². The third-order valence-corrected chi connectivity index (χ3v) is 3.85. The van der Waals surface area contributed by atoms with Crippen molar-refractivity contribution >= 4 is 11.4 Å². The van der Waals surface area contributed by atoms with Crippen LogP contribution >= 0.6 is 0 Å². The van der Waals surface area contributed by atoms with Crippen molar-refractivity contribution in [2.45, 2.75) is 33.2 Å². The minimum Gasteiger partial charge on any atom is -0.344 e. The van der Waals surface area contributed by atoms with Gasteiger partial charge in [0.25, 0.3) is 0 Å². The van der Waals surface area contributed by atoms with Gasteiger partial charge in [0.1, 0.15) is 0 Å². The van der Waals surface area contributed by atoms with Crippen molar-refractivity contribution < 1.29 is 0 Å². The molecule has 0 aliphatic carbocycles. The van der Waals surface area contributed by atoms with Crippen molar-refractivity contribution in [1.29, 1.82) is 0 Å². The number of nitrogens with one attached hydrogen (secondary N) is 1. The van der Waals surface area contributed by atoms with Crippen molar-refractivity contribution in [3.63, 3.8) is 0 Å². The van der Waals surface area contributed by atoms with E-state index in [4.69, 9.17) is 0 Å². The predicted octanol–water partition coefficient (Wildman–Crippen LogP) is 4.82. The molecule has 21 heavy (non-hydrogen) atoms. The lowest BCUT2D eigenvalue weighted by Crippen LogP contribution is -2.22. The highest BCUT2D eigenvalue weighted by molar-refractivity contribution is 5.66. The van der Waals surface area contributed by atoms with Crippen molar-refractivity contribution in [3.05, 3.63) is 59.7 Å². The Morgan fingerprint density at radius 3 is 2.57 bits per heavy atom. The van der Waals surface area contributed by atoms with Gasteiger partial charge >= 0.3 is 0 Å². The molecule has 2 aromatic rings. The normalized spacial score (nSPS) is 12.2. The lowest BCUT2D eigenvalue weighted by atomic mass is 10.0. The molecule has 0 aromatic heterocycles. The Labute approximate surface area is 128 Å². The minimum atomic E-state index is 0.355. The Bertz CT molecular complexity index is 577. The fourth-order valence-electron chi connectivity index (χ4n) is 2.61. The van der Waals surface area contributed by atoms with Crippen LogP contribution in [0.25, 0.3) is 0 Å². The molecule has 2 aromatic carbocycles. The molecule has 2 nitrogen and oxygen atoms in total. The van der Waals surface area contributed by atoms with Crippen LogP contribution in [0.3, 0.4) is 0 Å². The number of anilines is 2. The SMILES string of the molecule is CCCNC(C)c1ccccc1N(C)c1cccc(C)c1. The highest BCUT2D eigenvalue weighted by Crippen LogP contribution is 2.30. The van der Waals surface area contributed by atoms with Crippen LogP contribution in [-0.2, 0) is 0 Å². The molecule has 2 heteroatoms. The summed E-state index contributed by atoms with van der Waals surface area (Å²) in [6.45, 7) is 7.61. The van der Waals surface area contributed by atoms with E-state index >= 15 is 0 Å². The molecule has 0 amide bonds. The zero-order chi connectivity index (χ0) is 15.2. The molecule has 0 bridgehead atoms. The second-order valence-electron chi connectivity index (χ2n) is 5.63. The van der Waals surface area contributed by atoms with Gasteiger partial charge in [0.05, 0.1) is 0 Å². The van der Waals surface area contributed by atoms with E-state index in [0.29, 0.717) is 6.04 Å². The van der Waals surface area contributed by atoms with E-state index in [1.54, 1.807) is 0 Å². The molecular formula is C19H26N2. The maximum Gasteiger partial charge on any atom is 0.0456 e. The Kier molecular flexibility index (Phi) is 5.40. The molecule has 0 fully saturated rings. The van der Waals surface area contributed by atoms with Gasteiger partial charge in [-0.3, -0.25) is 0 Å². The fraction of sp³-hybridized carbons (Fsp3) is 0.368. The van der Waals surface area contributed by atoms with Crippen molar-refractivity contribution in [2.24, 2.45) is 0 Å². The zero-order valence-corrected chi connectivity index (χ0v) is 13.6. The molecule has 0 spiro atoms. The van der Waals surface area contributed by atoms with E-state index in [-0.39, 0.29) is 0 Å². The molecule has 1 atom stereocenters. The molecule has 1 N–H and O–H groups in total. The summed E-state index contributed by atoms with van der Waals surface area (Å²) in [6, 6.07) is 17.6. The summed E-state index contributed by atoms with van der Waals surface area (Å²) in [5, 5.41) is 3.58. The number of hydrogen-bond acceptors (Lipinski definition) is 2. The summed E-state index contributed by atoms with van der Waals surface area (Å²) >= 11 is 0. The fourth-order valence-corrected chi connectivity index (χ4v) is 2.61. The number of para-hydroxylation sites is 1. The first-order valence-electron chi connectivity index (χ1n) is 7.76. The van der Waals surface area contributed by atoms with Gasteiger partial charge < -0.3 is 10.2 Å². The number of benzene rings is 2. The zero-order valence-electron chi connectivity index (χ0n) is 13.6. The first-order chi connectivity index (χ1) is 10.1. The first-order valence-corrected chi connectivity index (χ1v) is 7.76. The van der Waals surface area contributed by atoms with Crippen LogP contribution in [0.5, 0.6) is 0 Å². The maximum atomic E-state index is 3.58. The standard InChI is InChI=1S/C19H26N2/c1-5-13-20-16(3)18-11-6-7-12-19(18)21(4)17-10-8-9-15(2)14-17/h6-12,14,16,20H,5,13H2,1-4H3. The van der Waals surface area contributed by atoms with E-state index in [0.717, 1.165) is 13.0 Å². The van der Waals surface area contributed by atoms with Gasteiger partial charge in [-0.15, -0.1) is 0 Å². The highest BCUT2D eigenvalue weighted by Gasteiger charge is 2.13. The average molecular weight is 282 g/mol. The van der Waals surface area contributed by atoms with Gasteiger partial charge in [-0.2, -0.15) is 0 Å². The van der Waals surface area contributed by atoms with E-state index < -0.39 is 0 Å². The van der Waals surface area contributed by atoms with Crippen molar-refractivity contribution in [3.8, 4) is 0 Å². The summed E-state index contributed by atoms with van der Waals surface area (Å²) in [5.41, 5.74) is 5.12. The van der Waals surface area contributed by atoms with Crippen LogP contribution in [0.4, 0.5) is 11.4 Å². The van der Waals surface area contributed by atoms with Crippen LogP contribution in [0.2, 0.25) is 0 Å². The Hall–Kier alpha value is -1.80. The van der Waals surface area contributed by atoms with Gasteiger partial charge in [0.2, 0.25) is 0 Å². The predicted molar refractivity (Wildman–Crippen MR) is 92.4 cm³/mol. The number of hydrogen-bond donors (Lipinski definition) is 1. The first kappa shape index (κ1) is 15.6. The Morgan fingerprint density at radius 2 is 1.86 bits per heavy atom. The Balaban J connectivity index is 2.31. The topological polar surface area (TPSA) is 15.3 Å². The van der Waals surface area contributed by atoms with Crippen LogP contribution in [0.1, 0.15) is 37.4 Å². The Morgan fingerprint density at radius 1 is 1.10 bits per heavy atom. The molecule has 0 aliphatic rings. The smallest absolute Gasteiger partial charge is 0.0456 e. The largest absolute Gasteiger partial charge is 0.344 e. The van der Waals surface area contributed by atoms with Gasteiger partial charge in [0.15, 0.2) is 0 Å². The van der Waals surface area contributed by atoms with Crippen LogP contribution in [-0.4, -0.2) is 13.6 Å². The molecule has 0 radical (unpaired) electrons.